The molecular formula is C23H28N2O7S3. The van der Waals surface area contributed by atoms with E-state index in [0.29, 0.717) is 35.0 Å². The Morgan fingerprint density at radius 2 is 1.74 bits per heavy atom. The first-order valence-electron chi connectivity index (χ1n) is 10.9. The lowest BCUT2D eigenvalue weighted by atomic mass is 10.3. The Balaban J connectivity index is 1.80. The first-order chi connectivity index (χ1) is 16.5. The minimum atomic E-state index is -3.54. The third kappa shape index (κ3) is 7.00. The molecule has 0 radical (unpaired) electrons. The van der Waals surface area contributed by atoms with Gasteiger partial charge in [0.2, 0.25) is 5.91 Å². The van der Waals surface area contributed by atoms with Crippen LogP contribution in [0.1, 0.15) is 19.8 Å². The van der Waals surface area contributed by atoms with Crippen LogP contribution in [0, 0.1) is 0 Å². The molecule has 0 unspecified atom stereocenters. The third-order valence-electron chi connectivity index (χ3n) is 5.19. The Labute approximate surface area is 208 Å². The Hall–Kier alpha value is -2.54. The van der Waals surface area contributed by atoms with E-state index in [1.54, 1.807) is 24.3 Å². The van der Waals surface area contributed by atoms with Crippen molar-refractivity contribution in [1.29, 1.82) is 0 Å². The van der Waals surface area contributed by atoms with Gasteiger partial charge in [-0.25, -0.2) is 16.8 Å². The average Bonchev–Trinajstić information content (AvgIpc) is 3.14. The van der Waals surface area contributed by atoms with E-state index in [1.165, 1.54) is 36.6 Å². The van der Waals surface area contributed by atoms with Gasteiger partial charge < -0.3 is 14.0 Å². The normalized spacial score (nSPS) is 12.8. The zero-order chi connectivity index (χ0) is 25.6. The maximum atomic E-state index is 12.6. The first kappa shape index (κ1) is 27.1. The fraction of sp³-hybridized carbons (Fsp3) is 0.391. The molecule has 1 aromatic heterocycles. The summed E-state index contributed by atoms with van der Waals surface area (Å²) in [6, 6.07) is 10.9. The van der Waals surface area contributed by atoms with Gasteiger partial charge in [0.25, 0.3) is 0 Å². The minimum absolute atomic E-state index is 0.0380. The van der Waals surface area contributed by atoms with E-state index in [4.69, 9.17) is 9.47 Å². The quantitative estimate of drug-likeness (QED) is 0.343. The summed E-state index contributed by atoms with van der Waals surface area (Å²) < 4.78 is 62.0. The SMILES string of the molecule is CCOCCn1c(=NC(=O)CCCS(=O)(=O)c2ccc(OC)cc2)sc2cc(S(C)(=O)=O)ccc21. The highest BCUT2D eigenvalue weighted by Gasteiger charge is 2.16. The zero-order valence-corrected chi connectivity index (χ0v) is 22.2. The molecule has 0 N–H and O–H groups in total. The largest absolute Gasteiger partial charge is 0.497 e. The second-order valence-electron chi connectivity index (χ2n) is 7.74. The van der Waals surface area contributed by atoms with Crippen molar-refractivity contribution in [3.8, 4) is 5.75 Å². The van der Waals surface area contributed by atoms with Gasteiger partial charge in [0.1, 0.15) is 5.75 Å². The standard InChI is InChI=1S/C23H28N2O7S3/c1-4-32-14-13-25-20-12-11-19(34(3,27)28)16-21(20)33-23(25)24-22(26)6-5-15-35(29,30)18-9-7-17(31-2)8-10-18/h7-12,16H,4-6,13-15H2,1-3H3. The van der Waals surface area contributed by atoms with Crippen molar-refractivity contribution in [1.82, 2.24) is 4.57 Å². The van der Waals surface area contributed by atoms with Gasteiger partial charge in [-0.1, -0.05) is 11.3 Å². The number of rotatable bonds is 11. The van der Waals surface area contributed by atoms with Crippen LogP contribution in [0.4, 0.5) is 0 Å². The molecule has 3 rings (SSSR count). The fourth-order valence-corrected chi connectivity index (χ4v) is 6.51. The van der Waals surface area contributed by atoms with Gasteiger partial charge in [0, 0.05) is 25.8 Å². The molecule has 0 aliphatic rings. The molecule has 0 saturated carbocycles. The van der Waals surface area contributed by atoms with Crippen molar-refractivity contribution in [2.75, 3.05) is 32.3 Å². The van der Waals surface area contributed by atoms with Crippen molar-refractivity contribution < 1.29 is 31.1 Å². The lowest BCUT2D eigenvalue weighted by molar-refractivity contribution is -0.118. The number of sulfone groups is 2. The van der Waals surface area contributed by atoms with Gasteiger partial charge in [-0.3, -0.25) is 4.79 Å². The Morgan fingerprint density at radius 3 is 2.37 bits per heavy atom. The second kappa shape index (κ2) is 11.5. The molecule has 0 saturated heterocycles. The first-order valence-corrected chi connectivity index (χ1v) is 15.3. The summed E-state index contributed by atoms with van der Waals surface area (Å²) >= 11 is 1.21. The molecule has 9 nitrogen and oxygen atoms in total. The van der Waals surface area contributed by atoms with E-state index in [0.717, 1.165) is 11.8 Å². The van der Waals surface area contributed by atoms with Gasteiger partial charge in [-0.2, -0.15) is 4.99 Å². The summed E-state index contributed by atoms with van der Waals surface area (Å²) in [6.45, 7) is 3.25. The Morgan fingerprint density at radius 1 is 1.06 bits per heavy atom. The van der Waals surface area contributed by atoms with Crippen LogP contribution in [0.3, 0.4) is 0 Å². The summed E-state index contributed by atoms with van der Waals surface area (Å²) in [6.07, 6.45) is 1.22. The number of nitrogens with zero attached hydrogens (tertiary/aromatic N) is 2. The highest BCUT2D eigenvalue weighted by atomic mass is 32.2. The van der Waals surface area contributed by atoms with E-state index in [9.17, 15) is 21.6 Å². The number of amides is 1. The zero-order valence-electron chi connectivity index (χ0n) is 19.8. The molecule has 0 spiro atoms. The second-order valence-corrected chi connectivity index (χ2v) is 12.9. The van der Waals surface area contributed by atoms with E-state index in [-0.39, 0.29) is 28.4 Å². The maximum Gasteiger partial charge on any atom is 0.248 e. The smallest absolute Gasteiger partial charge is 0.248 e. The molecule has 0 fully saturated rings. The number of methoxy groups -OCH3 is 1. The summed E-state index contributed by atoms with van der Waals surface area (Å²) in [4.78, 5) is 17.6. The third-order valence-corrected chi connectivity index (χ3v) is 9.16. The van der Waals surface area contributed by atoms with Crippen LogP contribution in [-0.4, -0.2) is 59.6 Å². The molecule has 2 aromatic carbocycles. The summed E-state index contributed by atoms with van der Waals surface area (Å²) in [7, 11) is -5.42. The van der Waals surface area contributed by atoms with Crippen LogP contribution in [0.15, 0.2) is 57.2 Å². The number of ether oxygens (including phenoxy) is 2. The molecule has 190 valence electrons. The van der Waals surface area contributed by atoms with Gasteiger partial charge in [0.15, 0.2) is 24.5 Å². The number of thiazole rings is 1. The van der Waals surface area contributed by atoms with Crippen molar-refractivity contribution in [2.45, 2.75) is 36.1 Å². The van der Waals surface area contributed by atoms with Crippen molar-refractivity contribution in [3.63, 3.8) is 0 Å². The highest BCUT2D eigenvalue weighted by Crippen LogP contribution is 2.22. The molecule has 1 amide bonds. The number of aromatic nitrogens is 1. The lowest BCUT2D eigenvalue weighted by Gasteiger charge is -2.06. The van der Waals surface area contributed by atoms with Crippen LogP contribution in [-0.2, 0) is 35.8 Å². The highest BCUT2D eigenvalue weighted by molar-refractivity contribution is 7.91. The van der Waals surface area contributed by atoms with Gasteiger partial charge >= 0.3 is 0 Å². The predicted molar refractivity (Wildman–Crippen MR) is 134 cm³/mol. The topological polar surface area (TPSA) is 121 Å². The minimum Gasteiger partial charge on any atom is -0.497 e. The molecule has 3 aromatic rings. The number of carbonyl (C=O) groups is 1. The molecule has 12 heteroatoms. The molecule has 0 aliphatic carbocycles. The molecule has 35 heavy (non-hydrogen) atoms. The monoisotopic (exact) mass is 540 g/mol. The van der Waals surface area contributed by atoms with Gasteiger partial charge in [-0.15, -0.1) is 0 Å². The van der Waals surface area contributed by atoms with Gasteiger partial charge in [0.05, 0.1) is 39.5 Å². The van der Waals surface area contributed by atoms with Crippen LogP contribution in [0.25, 0.3) is 10.2 Å². The molecular weight excluding hydrogens is 512 g/mol. The maximum absolute atomic E-state index is 12.6. The van der Waals surface area contributed by atoms with Crippen LogP contribution >= 0.6 is 11.3 Å². The fourth-order valence-electron chi connectivity index (χ4n) is 3.36. The molecule has 0 atom stereocenters. The summed E-state index contributed by atoms with van der Waals surface area (Å²) in [5.74, 6) is -0.0766. The summed E-state index contributed by atoms with van der Waals surface area (Å²) in [5, 5.41) is 0. The number of hydrogen-bond acceptors (Lipinski definition) is 8. The van der Waals surface area contributed by atoms with Crippen molar-refractivity contribution in [3.05, 3.63) is 47.3 Å². The number of benzene rings is 2. The molecule has 1 heterocycles. The number of hydrogen-bond donors (Lipinski definition) is 0. The van der Waals surface area contributed by atoms with Crippen LogP contribution in [0.5, 0.6) is 5.75 Å². The van der Waals surface area contributed by atoms with Crippen molar-refractivity contribution >= 4 is 47.1 Å². The molecule has 0 aliphatic heterocycles. The Kier molecular flexibility index (Phi) is 8.86. The van der Waals surface area contributed by atoms with E-state index < -0.39 is 25.6 Å². The lowest BCUT2D eigenvalue weighted by Crippen LogP contribution is -2.20. The molecule has 0 bridgehead atoms. The summed E-state index contributed by atoms with van der Waals surface area (Å²) in [5.41, 5.74) is 0.746. The van der Waals surface area contributed by atoms with Crippen LogP contribution < -0.4 is 9.54 Å². The van der Waals surface area contributed by atoms with Gasteiger partial charge in [-0.05, 0) is 55.8 Å². The number of carbonyl (C=O) groups excluding carboxylic acids is 1. The van der Waals surface area contributed by atoms with Crippen molar-refractivity contribution in [2.24, 2.45) is 4.99 Å². The average molecular weight is 541 g/mol. The van der Waals surface area contributed by atoms with E-state index in [1.807, 2.05) is 11.5 Å². The van der Waals surface area contributed by atoms with E-state index >= 15 is 0 Å². The number of fused-ring (bicyclic) bond motifs is 1. The van der Waals surface area contributed by atoms with Crippen LogP contribution in [0.2, 0.25) is 0 Å². The van der Waals surface area contributed by atoms with E-state index in [2.05, 4.69) is 4.99 Å². The predicted octanol–water partition coefficient (Wildman–Crippen LogP) is 2.83. The Bertz CT molecular complexity index is 1470.